The predicted molar refractivity (Wildman–Crippen MR) is 252 cm³/mol. The Morgan fingerprint density at radius 1 is 0.328 bits per heavy atom. The van der Waals surface area contributed by atoms with Crippen molar-refractivity contribution in [1.82, 2.24) is 0 Å². The van der Waals surface area contributed by atoms with Crippen molar-refractivity contribution in [3.8, 4) is 46.0 Å². The molecular weight excluding hydrogens is 809 g/mol. The Morgan fingerprint density at radius 3 is 1.14 bits per heavy atom. The van der Waals surface area contributed by atoms with Crippen LogP contribution < -0.4 is 37.9 Å². The molecule has 0 unspecified atom stereocenters. The molecule has 0 saturated carbocycles. The molecule has 8 bridgehead atoms. The van der Waals surface area contributed by atoms with Gasteiger partial charge in [0.1, 0.15) is 46.0 Å². The zero-order chi connectivity index (χ0) is 44.5. The highest BCUT2D eigenvalue weighted by atomic mass is 16.5. The van der Waals surface area contributed by atoms with Crippen molar-refractivity contribution in [2.75, 3.05) is 56.9 Å². The third-order valence-corrected chi connectivity index (χ3v) is 11.2. The largest absolute Gasteiger partial charge is 0.496 e. The van der Waals surface area contributed by atoms with Gasteiger partial charge < -0.3 is 37.9 Å². The number of fused-ring (bicyclic) bond motifs is 4. The molecule has 320 valence electrons. The molecule has 0 atom stereocenters. The monoisotopic (exact) mass is 852 g/mol. The summed E-state index contributed by atoms with van der Waals surface area (Å²) in [6, 6.07) is 22.6. The van der Waals surface area contributed by atoms with Gasteiger partial charge >= 0.3 is 0 Å². The number of methoxy groups -OCH3 is 8. The van der Waals surface area contributed by atoms with E-state index in [2.05, 4.69) is 0 Å². The Hall–Kier alpha value is -8.12. The fraction of sp³-hybridized carbons (Fsp3) is 0.154. The molecule has 5 aliphatic heterocycles. The topological polar surface area (TPSA) is 123 Å². The lowest BCUT2D eigenvalue weighted by molar-refractivity contribution is 0.391. The molecule has 0 amide bonds. The fourth-order valence-electron chi connectivity index (χ4n) is 8.47. The van der Waals surface area contributed by atoms with E-state index < -0.39 is 0 Å². The standard InChI is InChI=1S/C52H44N4O8/c1-57-36-13-9-14-37(58-2)44(36)34-27-33-26-31-22-21-29(53-31)25-30-23-24-32(54-30)28-35-45(46-38(59-3)15-10-16-39(46)60-4)49(47-40(61-5)17-11-18-41(47)62-6)52(56-35)50(51(34)55-33)48-42(63-7)19-12-20-43(48)64-8/h9-28H,1-8H3. The number of allylic oxidation sites excluding steroid dienone is 12. The van der Waals surface area contributed by atoms with E-state index in [1.54, 1.807) is 56.9 Å². The first-order chi connectivity index (χ1) is 31.4. The molecule has 5 heterocycles. The van der Waals surface area contributed by atoms with Gasteiger partial charge in [0, 0.05) is 22.3 Å². The number of nitrogens with zero attached hydrogens (tertiary/aromatic N) is 4. The second-order valence-corrected chi connectivity index (χ2v) is 14.6. The van der Waals surface area contributed by atoms with Crippen molar-refractivity contribution >= 4 is 45.1 Å². The van der Waals surface area contributed by atoms with Gasteiger partial charge in [0.15, 0.2) is 0 Å². The van der Waals surface area contributed by atoms with Gasteiger partial charge in [-0.15, -0.1) is 0 Å². The molecule has 9 rings (SSSR count). The normalized spacial score (nSPS) is 16.0. The van der Waals surface area contributed by atoms with E-state index in [9.17, 15) is 0 Å². The lowest BCUT2D eigenvalue weighted by atomic mass is 9.84. The molecule has 0 fully saturated rings. The number of aliphatic imine (C=N–C) groups is 4. The van der Waals surface area contributed by atoms with Crippen LogP contribution >= 0.6 is 0 Å². The summed E-state index contributed by atoms with van der Waals surface area (Å²) in [4.78, 5) is 21.2. The molecule has 4 aromatic carbocycles. The predicted octanol–water partition coefficient (Wildman–Crippen LogP) is 9.76. The van der Waals surface area contributed by atoms with E-state index in [0.29, 0.717) is 125 Å². The van der Waals surface area contributed by atoms with Crippen LogP contribution in [0.3, 0.4) is 0 Å². The lowest BCUT2D eigenvalue weighted by Gasteiger charge is -2.23. The van der Waals surface area contributed by atoms with Crippen molar-refractivity contribution in [2.24, 2.45) is 20.0 Å². The Balaban J connectivity index is 1.56. The first kappa shape index (κ1) is 41.2. The quantitative estimate of drug-likeness (QED) is 0.138. The minimum absolute atomic E-state index is 0.471. The minimum Gasteiger partial charge on any atom is -0.496 e. The molecule has 0 spiro atoms. The summed E-state index contributed by atoms with van der Waals surface area (Å²) in [5.41, 5.74) is 9.90. The van der Waals surface area contributed by atoms with Crippen LogP contribution in [0.5, 0.6) is 46.0 Å². The third kappa shape index (κ3) is 7.08. The van der Waals surface area contributed by atoms with Crippen molar-refractivity contribution in [1.29, 1.82) is 0 Å². The zero-order valence-electron chi connectivity index (χ0n) is 36.6. The molecule has 12 nitrogen and oxygen atoms in total. The third-order valence-electron chi connectivity index (χ3n) is 11.2. The average Bonchev–Trinajstić information content (AvgIpc) is 4.15. The minimum atomic E-state index is 0.471. The Kier molecular flexibility index (Phi) is 11.2. The first-order valence-electron chi connectivity index (χ1n) is 20.3. The van der Waals surface area contributed by atoms with Gasteiger partial charge in [-0.3, -0.25) is 0 Å². The van der Waals surface area contributed by atoms with E-state index in [1.165, 1.54) is 0 Å². The molecule has 0 saturated heterocycles. The van der Waals surface area contributed by atoms with Crippen LogP contribution in [-0.2, 0) is 0 Å². The Bertz CT molecular complexity index is 2940. The number of ether oxygens (including phenoxy) is 8. The summed E-state index contributed by atoms with van der Waals surface area (Å²) in [6.07, 6.45) is 15.6. The van der Waals surface area contributed by atoms with Gasteiger partial charge in [-0.25, -0.2) is 20.0 Å². The highest BCUT2D eigenvalue weighted by molar-refractivity contribution is 6.51. The maximum Gasteiger partial charge on any atom is 0.130 e. The van der Waals surface area contributed by atoms with Crippen LogP contribution in [0.25, 0.3) is 22.3 Å². The summed E-state index contributed by atoms with van der Waals surface area (Å²) >= 11 is 0. The zero-order valence-corrected chi connectivity index (χ0v) is 36.6. The van der Waals surface area contributed by atoms with Crippen LogP contribution in [0.1, 0.15) is 22.3 Å². The molecule has 64 heavy (non-hydrogen) atoms. The molecule has 0 N–H and O–H groups in total. The second kappa shape index (κ2) is 17.3. The van der Waals surface area contributed by atoms with E-state index in [0.717, 1.165) is 11.4 Å². The number of rotatable bonds is 12. The lowest BCUT2D eigenvalue weighted by Crippen LogP contribution is -2.11. The van der Waals surface area contributed by atoms with Crippen molar-refractivity contribution in [3.05, 3.63) is 166 Å². The molecule has 0 aromatic heterocycles. The van der Waals surface area contributed by atoms with Gasteiger partial charge in [-0.2, -0.15) is 0 Å². The number of hydrogen-bond donors (Lipinski definition) is 0. The maximum absolute atomic E-state index is 6.24. The van der Waals surface area contributed by atoms with Gasteiger partial charge in [0.05, 0.1) is 125 Å². The number of benzene rings is 4. The highest BCUT2D eigenvalue weighted by Gasteiger charge is 2.39. The smallest absolute Gasteiger partial charge is 0.130 e. The van der Waals surface area contributed by atoms with Gasteiger partial charge in [0.2, 0.25) is 0 Å². The van der Waals surface area contributed by atoms with Gasteiger partial charge in [0.25, 0.3) is 0 Å². The van der Waals surface area contributed by atoms with Crippen LogP contribution in [0.15, 0.2) is 164 Å². The first-order valence-corrected chi connectivity index (χ1v) is 20.3. The van der Waals surface area contributed by atoms with Crippen LogP contribution in [0.2, 0.25) is 0 Å². The number of hydrogen-bond acceptors (Lipinski definition) is 12. The maximum atomic E-state index is 6.24. The Labute approximate surface area is 371 Å². The summed E-state index contributed by atoms with van der Waals surface area (Å²) in [5, 5.41) is 0. The highest BCUT2D eigenvalue weighted by Crippen LogP contribution is 2.55. The summed E-state index contributed by atoms with van der Waals surface area (Å²) in [5.74, 6) is 4.23. The van der Waals surface area contributed by atoms with E-state index >= 15 is 0 Å². The summed E-state index contributed by atoms with van der Waals surface area (Å²) in [6.45, 7) is 0. The molecule has 5 aliphatic rings. The second-order valence-electron chi connectivity index (χ2n) is 14.6. The molecule has 0 aliphatic carbocycles. The molecule has 4 aromatic rings. The van der Waals surface area contributed by atoms with Crippen molar-refractivity contribution in [2.45, 2.75) is 0 Å². The molecular formula is C52H44N4O8. The molecule has 12 heteroatoms. The van der Waals surface area contributed by atoms with E-state index in [4.69, 9.17) is 57.9 Å². The van der Waals surface area contributed by atoms with Crippen LogP contribution in [-0.4, -0.2) is 79.7 Å². The van der Waals surface area contributed by atoms with Gasteiger partial charge in [-0.1, -0.05) is 24.3 Å². The van der Waals surface area contributed by atoms with E-state index in [-0.39, 0.29) is 0 Å². The summed E-state index contributed by atoms with van der Waals surface area (Å²) in [7, 11) is 13.0. The van der Waals surface area contributed by atoms with Crippen molar-refractivity contribution < 1.29 is 37.9 Å². The fourth-order valence-corrected chi connectivity index (χ4v) is 8.47. The van der Waals surface area contributed by atoms with Crippen LogP contribution in [0.4, 0.5) is 0 Å². The summed E-state index contributed by atoms with van der Waals surface area (Å²) < 4.78 is 49.4. The van der Waals surface area contributed by atoms with Crippen molar-refractivity contribution in [3.63, 3.8) is 0 Å². The van der Waals surface area contributed by atoms with E-state index in [1.807, 2.05) is 121 Å². The van der Waals surface area contributed by atoms with Crippen LogP contribution in [0, 0.1) is 0 Å². The van der Waals surface area contributed by atoms with Gasteiger partial charge in [-0.05, 0) is 97.1 Å². The Morgan fingerprint density at radius 2 is 0.703 bits per heavy atom. The SMILES string of the molecule is COc1cccc(OC)c1C1=CC2=CC3=NC(=CC4=NC(=CC5=NC(=C(c6c(OC)cccc6OC)C1=N2)C(c1c(OC)cccc1OC)=C5c1c(OC)cccc1OC)C=C4)C=C3. The average molecular weight is 853 g/mol. The molecule has 0 radical (unpaired) electrons.